The Morgan fingerprint density at radius 1 is 1.21 bits per heavy atom. The maximum Gasteiger partial charge on any atom is 0.159 e. The number of anilines is 1. The number of thiophene rings is 1. The second-order valence-electron chi connectivity index (χ2n) is 8.61. The first kappa shape index (κ1) is 20.4. The van der Waals surface area contributed by atoms with Crippen molar-refractivity contribution in [1.29, 1.82) is 0 Å². The second-order valence-corrected chi connectivity index (χ2v) is 9.75. The molecule has 0 bridgehead atoms. The number of benzene rings is 1. The number of ether oxygens (including phenoxy) is 2. The summed E-state index contributed by atoms with van der Waals surface area (Å²) < 4.78 is 12.7. The van der Waals surface area contributed by atoms with Gasteiger partial charge in [-0.05, 0) is 25.1 Å². The summed E-state index contributed by atoms with van der Waals surface area (Å²) in [6, 6.07) is 12.1. The van der Waals surface area contributed by atoms with Crippen molar-refractivity contribution >= 4 is 39.2 Å². The Bertz CT molecular complexity index is 1260. The number of para-hydroxylation sites is 1. The van der Waals surface area contributed by atoms with E-state index in [4.69, 9.17) is 19.4 Å². The van der Waals surface area contributed by atoms with Gasteiger partial charge in [-0.15, -0.1) is 11.3 Å². The first-order valence-electron chi connectivity index (χ1n) is 11.2. The average Bonchev–Trinajstić information content (AvgIpc) is 3.46. The van der Waals surface area contributed by atoms with Gasteiger partial charge in [0.1, 0.15) is 12.4 Å². The highest BCUT2D eigenvalue weighted by Gasteiger charge is 2.42. The number of allylic oxidation sites excluding steroid dienone is 2. The molecule has 0 saturated carbocycles. The SMILES string of the molecule is CC12C=NNC1C=CC=C2c1nc(N2CCOCC2)c2sc(COc3ccccc3)cc2n1. The zero-order valence-electron chi connectivity index (χ0n) is 18.4. The summed E-state index contributed by atoms with van der Waals surface area (Å²) in [4.78, 5) is 13.6. The van der Waals surface area contributed by atoms with Crippen molar-refractivity contribution in [3.05, 3.63) is 65.3 Å². The molecule has 168 valence electrons. The number of nitrogens with zero attached hydrogens (tertiary/aromatic N) is 4. The minimum Gasteiger partial charge on any atom is -0.488 e. The Morgan fingerprint density at radius 2 is 2.06 bits per heavy atom. The third-order valence-electron chi connectivity index (χ3n) is 6.42. The Labute approximate surface area is 196 Å². The Hall–Kier alpha value is -3.23. The summed E-state index contributed by atoms with van der Waals surface area (Å²) in [6.45, 7) is 5.74. The molecule has 7 nitrogen and oxygen atoms in total. The smallest absolute Gasteiger partial charge is 0.159 e. The summed E-state index contributed by atoms with van der Waals surface area (Å²) in [5, 5.41) is 4.34. The van der Waals surface area contributed by atoms with Gasteiger partial charge in [0.05, 0.1) is 34.9 Å². The molecule has 1 N–H and O–H groups in total. The van der Waals surface area contributed by atoms with Crippen LogP contribution in [-0.2, 0) is 11.3 Å². The van der Waals surface area contributed by atoms with E-state index < -0.39 is 0 Å². The van der Waals surface area contributed by atoms with Crippen molar-refractivity contribution in [2.45, 2.75) is 19.6 Å². The molecule has 33 heavy (non-hydrogen) atoms. The second kappa shape index (κ2) is 8.28. The van der Waals surface area contributed by atoms with Crippen LogP contribution in [-0.4, -0.2) is 48.5 Å². The standard InChI is InChI=1S/C25H25N5O2S/c1-25-16-26-29-21(25)9-5-8-19(25)23-27-20-14-18(15-32-17-6-3-2-4-7-17)33-22(20)24(28-23)30-10-12-31-13-11-30/h2-9,14,16,21,29H,10-13,15H2,1H3. The summed E-state index contributed by atoms with van der Waals surface area (Å²) in [7, 11) is 0. The van der Waals surface area contributed by atoms with E-state index in [1.165, 1.54) is 0 Å². The molecule has 4 heterocycles. The first-order chi connectivity index (χ1) is 16.2. The number of nitrogens with one attached hydrogen (secondary N) is 1. The topological polar surface area (TPSA) is 71.9 Å². The van der Waals surface area contributed by atoms with Crippen LogP contribution in [0.1, 0.15) is 17.6 Å². The molecule has 1 saturated heterocycles. The van der Waals surface area contributed by atoms with Gasteiger partial charge in [0, 0.05) is 29.8 Å². The van der Waals surface area contributed by atoms with Crippen molar-refractivity contribution in [3.8, 4) is 5.75 Å². The van der Waals surface area contributed by atoms with E-state index in [9.17, 15) is 0 Å². The van der Waals surface area contributed by atoms with Gasteiger partial charge >= 0.3 is 0 Å². The monoisotopic (exact) mass is 459 g/mol. The lowest BCUT2D eigenvalue weighted by molar-refractivity contribution is 0.122. The van der Waals surface area contributed by atoms with Gasteiger partial charge in [0.15, 0.2) is 11.6 Å². The van der Waals surface area contributed by atoms with E-state index in [1.807, 2.05) is 36.5 Å². The normalized spacial score (nSPS) is 24.0. The largest absolute Gasteiger partial charge is 0.488 e. The van der Waals surface area contributed by atoms with Crippen molar-refractivity contribution in [2.75, 3.05) is 31.2 Å². The van der Waals surface area contributed by atoms with Crippen LogP contribution in [0.15, 0.2) is 59.7 Å². The summed E-state index contributed by atoms with van der Waals surface area (Å²) in [5.41, 5.74) is 4.95. The maximum atomic E-state index is 6.01. The predicted molar refractivity (Wildman–Crippen MR) is 132 cm³/mol. The Kier molecular flexibility index (Phi) is 5.11. The van der Waals surface area contributed by atoms with Crippen LogP contribution in [0, 0.1) is 5.41 Å². The molecule has 3 aliphatic rings. The van der Waals surface area contributed by atoms with Gasteiger partial charge in [-0.25, -0.2) is 9.97 Å². The van der Waals surface area contributed by atoms with Gasteiger partial charge in [-0.1, -0.05) is 36.4 Å². The third kappa shape index (κ3) is 3.69. The van der Waals surface area contributed by atoms with E-state index in [-0.39, 0.29) is 11.5 Å². The molecule has 3 aromatic rings. The van der Waals surface area contributed by atoms with E-state index in [0.29, 0.717) is 19.8 Å². The molecule has 1 aliphatic carbocycles. The molecule has 0 amide bonds. The number of fused-ring (bicyclic) bond motifs is 2. The van der Waals surface area contributed by atoms with Crippen LogP contribution in [0.4, 0.5) is 5.82 Å². The molecular weight excluding hydrogens is 434 g/mol. The van der Waals surface area contributed by atoms with Crippen molar-refractivity contribution in [3.63, 3.8) is 0 Å². The minimum absolute atomic E-state index is 0.112. The van der Waals surface area contributed by atoms with Gasteiger partial charge in [0.2, 0.25) is 0 Å². The van der Waals surface area contributed by atoms with E-state index in [0.717, 1.165) is 51.1 Å². The van der Waals surface area contributed by atoms with Gasteiger partial charge in [0.25, 0.3) is 0 Å². The van der Waals surface area contributed by atoms with E-state index >= 15 is 0 Å². The molecule has 1 aromatic carbocycles. The molecule has 1 fully saturated rings. The Morgan fingerprint density at radius 3 is 2.91 bits per heavy atom. The van der Waals surface area contributed by atoms with Crippen LogP contribution >= 0.6 is 11.3 Å². The molecular formula is C25H25N5O2S. The maximum absolute atomic E-state index is 6.01. The number of aromatic nitrogens is 2. The third-order valence-corrected chi connectivity index (χ3v) is 7.51. The molecule has 2 atom stereocenters. The lowest BCUT2D eigenvalue weighted by atomic mass is 9.74. The summed E-state index contributed by atoms with van der Waals surface area (Å²) in [5.74, 6) is 2.60. The highest BCUT2D eigenvalue weighted by molar-refractivity contribution is 7.19. The van der Waals surface area contributed by atoms with Crippen LogP contribution < -0.4 is 15.1 Å². The molecule has 0 spiro atoms. The predicted octanol–water partition coefficient (Wildman–Crippen LogP) is 4.02. The van der Waals surface area contributed by atoms with Crippen LogP contribution in [0.5, 0.6) is 5.75 Å². The Balaban J connectivity index is 1.41. The zero-order valence-corrected chi connectivity index (χ0v) is 19.2. The lowest BCUT2D eigenvalue weighted by Crippen LogP contribution is -2.39. The average molecular weight is 460 g/mol. The molecule has 2 aromatic heterocycles. The van der Waals surface area contributed by atoms with Gasteiger partial charge in [-0.2, -0.15) is 5.10 Å². The summed E-state index contributed by atoms with van der Waals surface area (Å²) in [6.07, 6.45) is 8.30. The quantitative estimate of drug-likeness (QED) is 0.621. The number of rotatable bonds is 5. The van der Waals surface area contributed by atoms with Crippen molar-refractivity contribution in [1.82, 2.24) is 15.4 Å². The fourth-order valence-electron chi connectivity index (χ4n) is 4.52. The van der Waals surface area contributed by atoms with Gasteiger partial charge < -0.3 is 19.8 Å². The first-order valence-corrected chi connectivity index (χ1v) is 12.0. The lowest BCUT2D eigenvalue weighted by Gasteiger charge is -2.32. The molecule has 6 rings (SSSR count). The number of hydrogen-bond acceptors (Lipinski definition) is 8. The van der Waals surface area contributed by atoms with Gasteiger partial charge in [-0.3, -0.25) is 0 Å². The summed E-state index contributed by atoms with van der Waals surface area (Å²) >= 11 is 1.71. The number of hydrazone groups is 1. The highest BCUT2D eigenvalue weighted by Crippen LogP contribution is 2.42. The number of hydrogen-bond donors (Lipinski definition) is 1. The zero-order chi connectivity index (χ0) is 22.3. The molecule has 8 heteroatoms. The minimum atomic E-state index is -0.278. The molecule has 2 unspecified atom stereocenters. The van der Waals surface area contributed by atoms with Crippen LogP contribution in [0.3, 0.4) is 0 Å². The number of morpholine rings is 1. The van der Waals surface area contributed by atoms with E-state index in [2.05, 4.69) is 46.6 Å². The fraction of sp³-hybridized carbons (Fsp3) is 0.320. The molecule has 2 aliphatic heterocycles. The van der Waals surface area contributed by atoms with Crippen LogP contribution in [0.25, 0.3) is 15.8 Å². The highest BCUT2D eigenvalue weighted by atomic mass is 32.1. The van der Waals surface area contributed by atoms with Crippen molar-refractivity contribution < 1.29 is 9.47 Å². The fourth-order valence-corrected chi connectivity index (χ4v) is 5.55. The van der Waals surface area contributed by atoms with Crippen molar-refractivity contribution in [2.24, 2.45) is 10.5 Å². The van der Waals surface area contributed by atoms with E-state index in [1.54, 1.807) is 11.3 Å². The van der Waals surface area contributed by atoms with Crippen LogP contribution in [0.2, 0.25) is 0 Å². The molecule has 0 radical (unpaired) electrons.